The molecule has 1 fully saturated rings. The molecule has 0 bridgehead atoms. The van der Waals surface area contributed by atoms with E-state index in [0.29, 0.717) is 18.7 Å². The number of aliphatic hydroxyl groups excluding tert-OH is 1. The number of aromatic amines is 1. The van der Waals surface area contributed by atoms with Crippen LogP contribution in [0.3, 0.4) is 0 Å². The monoisotopic (exact) mass is 422 g/mol. The standard InChI is InChI=1S/C18H30N6O4Si/c1-18(2,3)29(6)27-8-12-11(25)7-13(28-12)24-10-19-14-15(24)21-17(22-16(14)26)20-9-23(4)5/h9-13,25,29H,7-8H2,1-6H3,(H,21,22,26)/b20-9-/t11-,12-,13-,29?/m1/s1. The Morgan fingerprint density at radius 3 is 2.90 bits per heavy atom. The van der Waals surface area contributed by atoms with Crippen molar-refractivity contribution in [3.63, 3.8) is 0 Å². The molecule has 0 aliphatic carbocycles. The molecule has 0 aromatic carbocycles. The first-order valence-electron chi connectivity index (χ1n) is 9.69. The first-order valence-corrected chi connectivity index (χ1v) is 11.9. The molecular formula is C18H30N6O4Si. The van der Waals surface area contributed by atoms with Crippen LogP contribution in [-0.4, -0.2) is 77.8 Å². The Morgan fingerprint density at radius 2 is 2.24 bits per heavy atom. The summed E-state index contributed by atoms with van der Waals surface area (Å²) >= 11 is 0. The second kappa shape index (κ2) is 8.34. The summed E-state index contributed by atoms with van der Waals surface area (Å²) in [6.07, 6.45) is 1.87. The Labute approximate surface area is 171 Å². The summed E-state index contributed by atoms with van der Waals surface area (Å²) in [6, 6.07) is 0. The Bertz CT molecular complexity index is 935. The molecular weight excluding hydrogens is 392 g/mol. The molecule has 29 heavy (non-hydrogen) atoms. The SMILES string of the molecule is CN(C)/C=N\c1nc2c(ncn2[C@H]2C[C@@H](O)[C@@H](CO[SiH](C)C(C)(C)C)O2)c(=O)[nH]1. The minimum absolute atomic E-state index is 0.137. The van der Waals surface area contributed by atoms with Gasteiger partial charge in [0, 0.05) is 20.5 Å². The summed E-state index contributed by atoms with van der Waals surface area (Å²) in [6.45, 7) is 8.98. The van der Waals surface area contributed by atoms with Crippen LogP contribution in [0.2, 0.25) is 11.6 Å². The third kappa shape index (κ3) is 4.92. The predicted octanol–water partition coefficient (Wildman–Crippen LogP) is 1.16. The van der Waals surface area contributed by atoms with Gasteiger partial charge in [-0.2, -0.15) is 4.98 Å². The lowest BCUT2D eigenvalue weighted by Gasteiger charge is -2.27. The maximum absolute atomic E-state index is 12.3. The fraction of sp³-hybridized carbons (Fsp3) is 0.667. The third-order valence-corrected chi connectivity index (χ3v) is 8.21. The highest BCUT2D eigenvalue weighted by Gasteiger charge is 2.37. The highest BCUT2D eigenvalue weighted by atomic mass is 28.3. The van der Waals surface area contributed by atoms with Gasteiger partial charge in [-0.3, -0.25) is 14.3 Å². The van der Waals surface area contributed by atoms with Crippen LogP contribution in [0.25, 0.3) is 11.2 Å². The zero-order valence-electron chi connectivity index (χ0n) is 17.8. The molecule has 2 aromatic heterocycles. The molecule has 160 valence electrons. The van der Waals surface area contributed by atoms with Crippen LogP contribution in [0.5, 0.6) is 0 Å². The number of ether oxygens (including phenoxy) is 1. The van der Waals surface area contributed by atoms with E-state index in [2.05, 4.69) is 47.3 Å². The van der Waals surface area contributed by atoms with Crippen molar-refractivity contribution in [2.24, 2.45) is 4.99 Å². The summed E-state index contributed by atoms with van der Waals surface area (Å²) in [5.41, 5.74) is 0.208. The van der Waals surface area contributed by atoms with Gasteiger partial charge in [0.15, 0.2) is 20.2 Å². The van der Waals surface area contributed by atoms with Gasteiger partial charge in [-0.25, -0.2) is 9.98 Å². The van der Waals surface area contributed by atoms with Gasteiger partial charge in [-0.05, 0) is 11.6 Å². The molecule has 1 saturated heterocycles. The number of H-pyrrole nitrogens is 1. The number of hydrogen-bond donors (Lipinski definition) is 2. The van der Waals surface area contributed by atoms with E-state index in [1.165, 1.54) is 6.33 Å². The third-order valence-electron chi connectivity index (χ3n) is 5.08. The average Bonchev–Trinajstić information content (AvgIpc) is 3.20. The van der Waals surface area contributed by atoms with Crippen molar-refractivity contribution < 1.29 is 14.3 Å². The van der Waals surface area contributed by atoms with E-state index in [1.54, 1.807) is 15.8 Å². The summed E-state index contributed by atoms with van der Waals surface area (Å²) in [5.74, 6) is 0.182. The predicted molar refractivity (Wildman–Crippen MR) is 113 cm³/mol. The van der Waals surface area contributed by atoms with Gasteiger partial charge < -0.3 is 19.2 Å². The molecule has 0 saturated carbocycles. The van der Waals surface area contributed by atoms with Gasteiger partial charge in [0.25, 0.3) is 5.56 Å². The zero-order valence-corrected chi connectivity index (χ0v) is 18.9. The van der Waals surface area contributed by atoms with Gasteiger partial charge in [-0.1, -0.05) is 20.8 Å². The number of nitrogens with one attached hydrogen (secondary N) is 1. The fourth-order valence-electron chi connectivity index (χ4n) is 2.88. The minimum atomic E-state index is -1.41. The van der Waals surface area contributed by atoms with E-state index in [1.807, 2.05) is 14.1 Å². The van der Waals surface area contributed by atoms with E-state index in [-0.39, 0.29) is 22.1 Å². The van der Waals surface area contributed by atoms with Crippen LogP contribution in [0.15, 0.2) is 16.1 Å². The molecule has 2 aromatic rings. The van der Waals surface area contributed by atoms with E-state index in [9.17, 15) is 9.90 Å². The number of imidazole rings is 1. The van der Waals surface area contributed by atoms with Crippen LogP contribution in [0, 0.1) is 0 Å². The highest BCUT2D eigenvalue weighted by Crippen LogP contribution is 2.32. The Balaban J connectivity index is 1.79. The highest BCUT2D eigenvalue weighted by molar-refractivity contribution is 6.53. The Morgan fingerprint density at radius 1 is 1.52 bits per heavy atom. The van der Waals surface area contributed by atoms with Crippen LogP contribution in [0.4, 0.5) is 5.95 Å². The smallest absolute Gasteiger partial charge is 0.280 e. The minimum Gasteiger partial charge on any atom is -0.417 e. The first kappa shape index (κ1) is 21.6. The van der Waals surface area contributed by atoms with Crippen LogP contribution in [0.1, 0.15) is 33.4 Å². The summed E-state index contributed by atoms with van der Waals surface area (Å²) in [4.78, 5) is 29.4. The van der Waals surface area contributed by atoms with E-state index >= 15 is 0 Å². The second-order valence-electron chi connectivity index (χ2n) is 8.70. The maximum Gasteiger partial charge on any atom is 0.280 e. The second-order valence-corrected chi connectivity index (χ2v) is 12.0. The van der Waals surface area contributed by atoms with Gasteiger partial charge in [0.2, 0.25) is 5.95 Å². The quantitative estimate of drug-likeness (QED) is 0.407. The molecule has 0 spiro atoms. The average molecular weight is 423 g/mol. The Hall–Kier alpha value is -2.08. The van der Waals surface area contributed by atoms with Crippen molar-refractivity contribution in [3.8, 4) is 0 Å². The largest absolute Gasteiger partial charge is 0.417 e. The molecule has 2 N–H and O–H groups in total. The van der Waals surface area contributed by atoms with Crippen molar-refractivity contribution in [1.82, 2.24) is 24.4 Å². The summed E-state index contributed by atoms with van der Waals surface area (Å²) < 4.78 is 13.8. The molecule has 1 aliphatic rings. The molecule has 10 nitrogen and oxygen atoms in total. The van der Waals surface area contributed by atoms with Crippen molar-refractivity contribution in [2.45, 2.75) is 57.2 Å². The molecule has 1 aliphatic heterocycles. The Kier molecular flexibility index (Phi) is 6.22. The van der Waals surface area contributed by atoms with Crippen LogP contribution >= 0.6 is 0 Å². The number of nitrogens with zero attached hydrogens (tertiary/aromatic N) is 5. The van der Waals surface area contributed by atoms with E-state index in [4.69, 9.17) is 9.16 Å². The van der Waals surface area contributed by atoms with Crippen molar-refractivity contribution in [1.29, 1.82) is 0 Å². The zero-order chi connectivity index (χ0) is 21.3. The number of fused-ring (bicyclic) bond motifs is 1. The topological polar surface area (TPSA) is 118 Å². The molecule has 3 heterocycles. The first-order chi connectivity index (χ1) is 13.6. The lowest BCUT2D eigenvalue weighted by Crippen LogP contribution is -2.33. The molecule has 1 unspecified atom stereocenters. The van der Waals surface area contributed by atoms with Gasteiger partial charge >= 0.3 is 0 Å². The van der Waals surface area contributed by atoms with E-state index < -0.39 is 27.5 Å². The molecule has 4 atom stereocenters. The van der Waals surface area contributed by atoms with Crippen molar-refractivity contribution in [2.75, 3.05) is 20.7 Å². The number of aliphatic hydroxyl groups is 1. The number of rotatable bonds is 6. The van der Waals surface area contributed by atoms with Gasteiger partial charge in [0.05, 0.1) is 25.4 Å². The maximum atomic E-state index is 12.3. The van der Waals surface area contributed by atoms with Crippen LogP contribution < -0.4 is 5.56 Å². The summed E-state index contributed by atoms with van der Waals surface area (Å²) in [5, 5.41) is 10.6. The van der Waals surface area contributed by atoms with E-state index in [0.717, 1.165) is 0 Å². The summed E-state index contributed by atoms with van der Waals surface area (Å²) in [7, 11) is 2.23. The van der Waals surface area contributed by atoms with Crippen molar-refractivity contribution in [3.05, 3.63) is 16.7 Å². The lowest BCUT2D eigenvalue weighted by molar-refractivity contribution is -0.0393. The number of hydrogen-bond acceptors (Lipinski definition) is 7. The normalized spacial score (nSPS) is 23.9. The molecule has 3 rings (SSSR count). The molecule has 11 heteroatoms. The van der Waals surface area contributed by atoms with Gasteiger partial charge in [-0.15, -0.1) is 0 Å². The number of aliphatic imine (C=N–C) groups is 1. The molecule has 0 radical (unpaired) electrons. The van der Waals surface area contributed by atoms with Gasteiger partial charge in [0.1, 0.15) is 12.3 Å². The lowest BCUT2D eigenvalue weighted by atomic mass is 10.2. The van der Waals surface area contributed by atoms with Crippen LogP contribution in [-0.2, 0) is 9.16 Å². The van der Waals surface area contributed by atoms with Crippen molar-refractivity contribution >= 4 is 32.5 Å². The fourth-order valence-corrected chi connectivity index (χ4v) is 3.86. The number of aromatic nitrogens is 4. The molecule has 0 amide bonds.